The van der Waals surface area contributed by atoms with E-state index in [1.807, 2.05) is 0 Å². The Balaban J connectivity index is 1.60. The maximum Gasteiger partial charge on any atom is 0.221 e. The Morgan fingerprint density at radius 2 is 2.00 bits per heavy atom. The van der Waals surface area contributed by atoms with Crippen LogP contribution >= 0.6 is 0 Å². The van der Waals surface area contributed by atoms with Crippen molar-refractivity contribution in [2.75, 3.05) is 19.6 Å². The second-order valence-corrected chi connectivity index (χ2v) is 5.40. The molecular weight excluding hydrogens is 216 g/mol. The molecule has 4 heteroatoms. The van der Waals surface area contributed by atoms with E-state index in [1.165, 1.54) is 19.3 Å². The molecule has 0 spiro atoms. The van der Waals surface area contributed by atoms with Gasteiger partial charge >= 0.3 is 0 Å². The van der Waals surface area contributed by atoms with Crippen molar-refractivity contribution in [1.82, 2.24) is 10.2 Å². The van der Waals surface area contributed by atoms with E-state index in [-0.39, 0.29) is 12.0 Å². The van der Waals surface area contributed by atoms with Crippen molar-refractivity contribution in [3.8, 4) is 0 Å². The van der Waals surface area contributed by atoms with Crippen LogP contribution in [-0.4, -0.2) is 47.7 Å². The van der Waals surface area contributed by atoms with Gasteiger partial charge in [0.05, 0.1) is 6.10 Å². The zero-order chi connectivity index (χ0) is 12.1. The predicted molar refractivity (Wildman–Crippen MR) is 66.7 cm³/mol. The molecule has 1 aliphatic carbocycles. The van der Waals surface area contributed by atoms with Crippen LogP contribution in [0.15, 0.2) is 0 Å². The van der Waals surface area contributed by atoms with E-state index >= 15 is 0 Å². The summed E-state index contributed by atoms with van der Waals surface area (Å²) in [5.41, 5.74) is 0. The number of β-amino-alcohol motifs (C(OH)–C–C–N with tert-alkyl or cyclic N) is 1. The van der Waals surface area contributed by atoms with Crippen molar-refractivity contribution in [3.05, 3.63) is 0 Å². The molecule has 2 rings (SSSR count). The molecule has 2 fully saturated rings. The molecule has 4 nitrogen and oxygen atoms in total. The number of aliphatic hydroxyl groups is 1. The first kappa shape index (κ1) is 12.8. The van der Waals surface area contributed by atoms with Crippen molar-refractivity contribution in [3.63, 3.8) is 0 Å². The summed E-state index contributed by atoms with van der Waals surface area (Å²) in [6.45, 7) is 2.45. The first-order chi connectivity index (χ1) is 8.24. The molecule has 1 saturated heterocycles. The molecule has 0 bridgehead atoms. The van der Waals surface area contributed by atoms with Crippen LogP contribution in [0, 0.1) is 0 Å². The lowest BCUT2D eigenvalue weighted by Gasteiger charge is -2.23. The number of carbonyl (C=O) groups is 1. The maximum atomic E-state index is 11.7. The Labute approximate surface area is 103 Å². The van der Waals surface area contributed by atoms with Crippen LogP contribution in [0.2, 0.25) is 0 Å². The summed E-state index contributed by atoms with van der Waals surface area (Å²) < 4.78 is 0. The first-order valence-electron chi connectivity index (χ1n) is 6.94. The van der Waals surface area contributed by atoms with Crippen LogP contribution < -0.4 is 5.32 Å². The van der Waals surface area contributed by atoms with Crippen LogP contribution in [0.1, 0.15) is 44.9 Å². The van der Waals surface area contributed by atoms with E-state index in [2.05, 4.69) is 10.2 Å². The monoisotopic (exact) mass is 240 g/mol. The molecule has 98 valence electrons. The Bertz CT molecular complexity index is 252. The average molecular weight is 240 g/mol. The van der Waals surface area contributed by atoms with Crippen molar-refractivity contribution in [1.29, 1.82) is 0 Å². The van der Waals surface area contributed by atoms with Crippen LogP contribution in [0.5, 0.6) is 0 Å². The van der Waals surface area contributed by atoms with Gasteiger partial charge in [0.2, 0.25) is 5.91 Å². The van der Waals surface area contributed by atoms with Crippen molar-refractivity contribution in [2.24, 2.45) is 0 Å². The molecule has 0 aromatic rings. The molecule has 1 saturated carbocycles. The van der Waals surface area contributed by atoms with Crippen LogP contribution in [0.25, 0.3) is 0 Å². The second kappa shape index (κ2) is 6.36. The zero-order valence-electron chi connectivity index (χ0n) is 10.5. The van der Waals surface area contributed by atoms with Gasteiger partial charge in [0.25, 0.3) is 0 Å². The molecular formula is C13H24N2O2. The molecule has 0 radical (unpaired) electrons. The summed E-state index contributed by atoms with van der Waals surface area (Å²) in [6, 6.07) is 0.417. The van der Waals surface area contributed by atoms with Gasteiger partial charge in [-0.25, -0.2) is 0 Å². The van der Waals surface area contributed by atoms with Gasteiger partial charge in [-0.15, -0.1) is 0 Å². The van der Waals surface area contributed by atoms with E-state index in [0.29, 0.717) is 12.5 Å². The first-order valence-corrected chi connectivity index (χ1v) is 6.94. The Kier molecular flexibility index (Phi) is 4.80. The number of hydrogen-bond donors (Lipinski definition) is 2. The lowest BCUT2D eigenvalue weighted by Crippen LogP contribution is -2.38. The minimum atomic E-state index is -0.184. The molecule has 0 aromatic carbocycles. The Morgan fingerprint density at radius 3 is 2.65 bits per heavy atom. The quantitative estimate of drug-likeness (QED) is 0.767. The van der Waals surface area contributed by atoms with E-state index in [4.69, 9.17) is 0 Å². The van der Waals surface area contributed by atoms with Gasteiger partial charge in [-0.3, -0.25) is 4.79 Å². The molecule has 1 aliphatic heterocycles. The third kappa shape index (κ3) is 4.28. The van der Waals surface area contributed by atoms with Gasteiger partial charge in [-0.05, 0) is 19.3 Å². The molecule has 2 aliphatic rings. The Morgan fingerprint density at radius 1 is 1.24 bits per heavy atom. The molecule has 2 N–H and O–H groups in total. The van der Waals surface area contributed by atoms with Gasteiger partial charge in [-0.1, -0.05) is 19.3 Å². The van der Waals surface area contributed by atoms with E-state index < -0.39 is 0 Å². The van der Waals surface area contributed by atoms with Gasteiger partial charge in [0.1, 0.15) is 0 Å². The Hall–Kier alpha value is -0.610. The smallest absolute Gasteiger partial charge is 0.221 e. The fraction of sp³-hybridized carbons (Fsp3) is 0.923. The van der Waals surface area contributed by atoms with Gasteiger partial charge in [-0.2, -0.15) is 0 Å². The van der Waals surface area contributed by atoms with Crippen LogP contribution in [0.4, 0.5) is 0 Å². The predicted octanol–water partition coefficient (Wildman–Crippen LogP) is 0.892. The molecule has 17 heavy (non-hydrogen) atoms. The number of likely N-dealkylation sites (tertiary alicyclic amines) is 1. The minimum Gasteiger partial charge on any atom is -0.392 e. The number of amides is 1. The molecule has 0 unspecified atom stereocenters. The largest absolute Gasteiger partial charge is 0.392 e. The average Bonchev–Trinajstić information content (AvgIpc) is 2.74. The van der Waals surface area contributed by atoms with Gasteiger partial charge in [0, 0.05) is 32.1 Å². The number of nitrogens with zero attached hydrogens (tertiary/aromatic N) is 1. The fourth-order valence-corrected chi connectivity index (χ4v) is 2.82. The summed E-state index contributed by atoms with van der Waals surface area (Å²) in [6.07, 6.45) is 7.36. The minimum absolute atomic E-state index is 0.179. The normalized spacial score (nSPS) is 27.2. The standard InChI is InChI=1S/C13H24N2O2/c16-12-6-8-15(10-12)9-7-13(17)14-11-4-2-1-3-5-11/h11-12,16H,1-10H2,(H,14,17)/t12-/m1/s1. The maximum absolute atomic E-state index is 11.7. The zero-order valence-corrected chi connectivity index (χ0v) is 10.5. The third-order valence-electron chi connectivity index (χ3n) is 3.87. The van der Waals surface area contributed by atoms with Gasteiger partial charge in [0.15, 0.2) is 0 Å². The highest BCUT2D eigenvalue weighted by Crippen LogP contribution is 2.17. The topological polar surface area (TPSA) is 52.6 Å². The highest BCUT2D eigenvalue weighted by molar-refractivity contribution is 5.76. The summed E-state index contributed by atoms with van der Waals surface area (Å²) >= 11 is 0. The molecule has 1 amide bonds. The number of aliphatic hydroxyl groups excluding tert-OH is 1. The summed E-state index contributed by atoms with van der Waals surface area (Å²) in [5, 5.41) is 12.5. The SMILES string of the molecule is O=C(CCN1CC[C@@H](O)C1)NC1CCCCC1. The molecule has 1 heterocycles. The van der Waals surface area contributed by atoms with E-state index in [1.54, 1.807) is 0 Å². The lowest BCUT2D eigenvalue weighted by atomic mass is 9.95. The van der Waals surface area contributed by atoms with E-state index in [0.717, 1.165) is 38.9 Å². The summed E-state index contributed by atoms with van der Waals surface area (Å²) in [4.78, 5) is 13.9. The number of rotatable bonds is 4. The van der Waals surface area contributed by atoms with E-state index in [9.17, 15) is 9.90 Å². The highest BCUT2D eigenvalue weighted by Gasteiger charge is 2.21. The fourth-order valence-electron chi connectivity index (χ4n) is 2.82. The second-order valence-electron chi connectivity index (χ2n) is 5.40. The third-order valence-corrected chi connectivity index (χ3v) is 3.87. The van der Waals surface area contributed by atoms with Crippen LogP contribution in [0.3, 0.4) is 0 Å². The highest BCUT2D eigenvalue weighted by atomic mass is 16.3. The van der Waals surface area contributed by atoms with Crippen molar-refractivity contribution >= 4 is 5.91 Å². The van der Waals surface area contributed by atoms with Crippen molar-refractivity contribution < 1.29 is 9.90 Å². The molecule has 1 atom stereocenters. The molecule has 0 aromatic heterocycles. The number of hydrogen-bond acceptors (Lipinski definition) is 3. The van der Waals surface area contributed by atoms with Crippen LogP contribution in [-0.2, 0) is 4.79 Å². The van der Waals surface area contributed by atoms with Gasteiger partial charge < -0.3 is 15.3 Å². The number of carbonyl (C=O) groups excluding carboxylic acids is 1. The number of nitrogens with one attached hydrogen (secondary N) is 1. The lowest BCUT2D eigenvalue weighted by molar-refractivity contribution is -0.122. The van der Waals surface area contributed by atoms with Crippen molar-refractivity contribution in [2.45, 2.75) is 57.1 Å². The summed E-state index contributed by atoms with van der Waals surface area (Å²) in [5.74, 6) is 0.179. The summed E-state index contributed by atoms with van der Waals surface area (Å²) in [7, 11) is 0.